The number of hydrogen-bond donors (Lipinski definition) is 0. The van der Waals surface area contributed by atoms with Crippen LogP contribution < -0.4 is 4.74 Å². The Hall–Kier alpha value is -2.34. The molecule has 1 aliphatic carbocycles. The lowest BCUT2D eigenvalue weighted by Gasteiger charge is -2.38. The summed E-state index contributed by atoms with van der Waals surface area (Å²) in [6, 6.07) is 7.80. The number of hydrogen-bond acceptors (Lipinski definition) is 4. The molecule has 0 N–H and O–H groups in total. The van der Waals surface area contributed by atoms with E-state index < -0.39 is 0 Å². The van der Waals surface area contributed by atoms with Crippen LogP contribution in [0.25, 0.3) is 0 Å². The van der Waals surface area contributed by atoms with Crippen LogP contribution in [0.2, 0.25) is 0 Å². The highest BCUT2D eigenvalue weighted by Crippen LogP contribution is 2.47. The van der Waals surface area contributed by atoms with Gasteiger partial charge >= 0.3 is 0 Å². The Bertz CT molecular complexity index is 802. The number of benzene rings is 1. The van der Waals surface area contributed by atoms with Crippen LogP contribution in [0, 0.1) is 0 Å². The number of amides is 2. The Morgan fingerprint density at radius 2 is 1.90 bits per heavy atom. The Balaban J connectivity index is 1.98. The zero-order valence-corrected chi connectivity index (χ0v) is 19.3. The number of fused-ring (bicyclic) bond motifs is 3. The molecule has 170 valence electrons. The highest BCUT2D eigenvalue weighted by molar-refractivity contribution is 5.96. The summed E-state index contributed by atoms with van der Waals surface area (Å²) in [5.74, 6) is 0.911. The number of methoxy groups -OCH3 is 1. The maximum atomic E-state index is 13.5. The first kappa shape index (κ1) is 23.3. The number of unbranched alkanes of at least 4 members (excludes halogenated alkanes) is 1. The summed E-state index contributed by atoms with van der Waals surface area (Å²) in [5.41, 5.74) is 1.82. The molecule has 3 unspecified atom stereocenters. The highest BCUT2D eigenvalue weighted by Gasteiger charge is 2.45. The zero-order chi connectivity index (χ0) is 22.4. The van der Waals surface area contributed by atoms with Crippen molar-refractivity contribution in [1.82, 2.24) is 9.80 Å². The van der Waals surface area contributed by atoms with Crippen molar-refractivity contribution < 1.29 is 19.1 Å². The summed E-state index contributed by atoms with van der Waals surface area (Å²) >= 11 is 0. The van der Waals surface area contributed by atoms with Crippen LogP contribution in [0.15, 0.2) is 35.9 Å². The summed E-state index contributed by atoms with van der Waals surface area (Å²) in [7, 11) is 1.65. The molecule has 1 heterocycles. The maximum absolute atomic E-state index is 13.5. The van der Waals surface area contributed by atoms with Crippen molar-refractivity contribution in [3.8, 4) is 5.75 Å². The summed E-state index contributed by atoms with van der Waals surface area (Å²) < 4.78 is 11.6. The number of ether oxygens (including phenoxy) is 2. The van der Waals surface area contributed by atoms with E-state index in [1.807, 2.05) is 47.9 Å². The first-order chi connectivity index (χ1) is 15.0. The van der Waals surface area contributed by atoms with Crippen molar-refractivity contribution in [3.05, 3.63) is 41.5 Å². The molecule has 2 amide bonds. The van der Waals surface area contributed by atoms with E-state index in [1.54, 1.807) is 7.11 Å². The number of likely N-dealkylation sites (N-methyl/N-ethyl adjacent to an activating group) is 1. The summed E-state index contributed by atoms with van der Waals surface area (Å²) in [4.78, 5) is 30.3. The van der Waals surface area contributed by atoms with Gasteiger partial charge in [-0.25, -0.2) is 0 Å². The Morgan fingerprint density at radius 1 is 1.16 bits per heavy atom. The van der Waals surface area contributed by atoms with Crippen LogP contribution in [0.5, 0.6) is 5.75 Å². The van der Waals surface area contributed by atoms with Gasteiger partial charge in [-0.1, -0.05) is 37.6 Å². The Morgan fingerprint density at radius 3 is 2.58 bits per heavy atom. The quantitative estimate of drug-likeness (QED) is 0.569. The number of para-hydroxylation sites is 1. The zero-order valence-electron chi connectivity index (χ0n) is 19.3. The SMILES string of the molecule is CCCCC(=O)N(CCOC)C1C=C(C(=O)N(CC)CC)C2c3ccccc3OC2C1. The molecule has 3 atom stereocenters. The highest BCUT2D eigenvalue weighted by atomic mass is 16.5. The van der Waals surface area contributed by atoms with Gasteiger partial charge in [0.05, 0.1) is 18.6 Å². The molecule has 0 bridgehead atoms. The molecular weight excluding hydrogens is 392 g/mol. The molecule has 3 rings (SSSR count). The Labute approximate surface area is 186 Å². The van der Waals surface area contributed by atoms with Crippen molar-refractivity contribution in [1.29, 1.82) is 0 Å². The molecule has 2 aliphatic rings. The van der Waals surface area contributed by atoms with E-state index >= 15 is 0 Å². The topological polar surface area (TPSA) is 59.1 Å². The predicted octanol–water partition coefficient (Wildman–Crippen LogP) is 3.76. The van der Waals surface area contributed by atoms with Gasteiger partial charge in [0.25, 0.3) is 0 Å². The second-order valence-electron chi connectivity index (χ2n) is 8.26. The largest absolute Gasteiger partial charge is 0.489 e. The lowest BCUT2D eigenvalue weighted by Crippen LogP contribution is -2.48. The van der Waals surface area contributed by atoms with Gasteiger partial charge in [0, 0.05) is 50.7 Å². The molecule has 0 aromatic heterocycles. The third kappa shape index (κ3) is 4.95. The number of nitrogens with zero attached hydrogens (tertiary/aromatic N) is 2. The molecule has 1 aromatic carbocycles. The normalized spacial score (nSPS) is 21.5. The first-order valence-electron chi connectivity index (χ1n) is 11.6. The molecule has 0 saturated carbocycles. The van der Waals surface area contributed by atoms with Crippen molar-refractivity contribution in [2.24, 2.45) is 0 Å². The fourth-order valence-electron chi connectivity index (χ4n) is 4.70. The molecule has 1 aromatic rings. The average Bonchev–Trinajstić information content (AvgIpc) is 3.16. The molecule has 0 radical (unpaired) electrons. The molecule has 0 saturated heterocycles. The van der Waals surface area contributed by atoms with E-state index in [-0.39, 0.29) is 29.9 Å². The molecule has 6 nitrogen and oxygen atoms in total. The van der Waals surface area contributed by atoms with Crippen LogP contribution in [-0.4, -0.2) is 67.1 Å². The lowest BCUT2D eigenvalue weighted by atomic mass is 9.79. The summed E-state index contributed by atoms with van der Waals surface area (Å²) in [6.07, 6.45) is 4.91. The number of carbonyl (C=O) groups excluding carboxylic acids is 2. The van der Waals surface area contributed by atoms with E-state index in [0.29, 0.717) is 39.1 Å². The monoisotopic (exact) mass is 428 g/mol. The minimum Gasteiger partial charge on any atom is -0.489 e. The van der Waals surface area contributed by atoms with Crippen LogP contribution in [0.3, 0.4) is 0 Å². The molecule has 0 spiro atoms. The summed E-state index contributed by atoms with van der Waals surface area (Å²) in [6.45, 7) is 8.37. The van der Waals surface area contributed by atoms with Gasteiger partial charge in [0.15, 0.2) is 0 Å². The molecular formula is C25H36N2O4. The molecule has 6 heteroatoms. The van der Waals surface area contributed by atoms with Gasteiger partial charge in [-0.15, -0.1) is 0 Å². The van der Waals surface area contributed by atoms with Gasteiger partial charge in [-0.05, 0) is 26.3 Å². The number of rotatable bonds is 10. The minimum atomic E-state index is -0.176. The van der Waals surface area contributed by atoms with Gasteiger partial charge in [0.1, 0.15) is 11.9 Å². The number of carbonyl (C=O) groups is 2. The molecule has 1 aliphatic heterocycles. The van der Waals surface area contributed by atoms with Crippen molar-refractivity contribution in [3.63, 3.8) is 0 Å². The van der Waals surface area contributed by atoms with E-state index in [9.17, 15) is 9.59 Å². The fraction of sp³-hybridized carbons (Fsp3) is 0.600. The third-order valence-electron chi connectivity index (χ3n) is 6.38. The van der Waals surface area contributed by atoms with Crippen molar-refractivity contribution in [2.75, 3.05) is 33.4 Å². The van der Waals surface area contributed by atoms with Crippen molar-refractivity contribution in [2.45, 2.75) is 64.5 Å². The molecule has 0 fully saturated rings. The lowest BCUT2D eigenvalue weighted by molar-refractivity contribution is -0.134. The van der Waals surface area contributed by atoms with E-state index in [1.165, 1.54) is 0 Å². The summed E-state index contributed by atoms with van der Waals surface area (Å²) in [5, 5.41) is 0. The average molecular weight is 429 g/mol. The van der Waals surface area contributed by atoms with Gasteiger partial charge in [0.2, 0.25) is 11.8 Å². The first-order valence-corrected chi connectivity index (χ1v) is 11.6. The van der Waals surface area contributed by atoms with Crippen LogP contribution in [-0.2, 0) is 14.3 Å². The van der Waals surface area contributed by atoms with E-state index in [0.717, 1.165) is 29.7 Å². The smallest absolute Gasteiger partial charge is 0.250 e. The maximum Gasteiger partial charge on any atom is 0.250 e. The fourth-order valence-corrected chi connectivity index (χ4v) is 4.70. The second-order valence-corrected chi connectivity index (χ2v) is 8.26. The Kier molecular flexibility index (Phi) is 8.13. The van der Waals surface area contributed by atoms with Crippen LogP contribution >= 0.6 is 0 Å². The van der Waals surface area contributed by atoms with Gasteiger partial charge in [-0.3, -0.25) is 9.59 Å². The standard InChI is InChI=1S/C25H36N2O4/c1-5-8-13-23(28)27(14-15-30-4)18-16-20(25(29)26(6-2)7-3)24-19-11-9-10-12-21(19)31-22(24)17-18/h9-12,16,18,22,24H,5-8,13-15,17H2,1-4H3. The van der Waals surface area contributed by atoms with E-state index in [2.05, 4.69) is 13.0 Å². The van der Waals surface area contributed by atoms with E-state index in [4.69, 9.17) is 9.47 Å². The minimum absolute atomic E-state index is 0.0395. The predicted molar refractivity (Wildman–Crippen MR) is 121 cm³/mol. The van der Waals surface area contributed by atoms with Crippen LogP contribution in [0.4, 0.5) is 0 Å². The van der Waals surface area contributed by atoms with Crippen LogP contribution in [0.1, 0.15) is 57.9 Å². The van der Waals surface area contributed by atoms with Gasteiger partial charge < -0.3 is 19.3 Å². The van der Waals surface area contributed by atoms with Crippen molar-refractivity contribution >= 4 is 11.8 Å². The second kappa shape index (κ2) is 10.8. The van der Waals surface area contributed by atoms with Gasteiger partial charge in [-0.2, -0.15) is 0 Å². The molecule has 31 heavy (non-hydrogen) atoms. The third-order valence-corrected chi connectivity index (χ3v) is 6.38.